The lowest BCUT2D eigenvalue weighted by Gasteiger charge is -2.09. The van der Waals surface area contributed by atoms with Crippen molar-refractivity contribution < 1.29 is 9.32 Å². The molecule has 0 saturated heterocycles. The molecule has 2 nitrogen and oxygen atoms in total. The molecule has 3 heteroatoms. The molecule has 1 N–H and O–H groups in total. The van der Waals surface area contributed by atoms with E-state index in [0.717, 1.165) is 10.8 Å². The van der Waals surface area contributed by atoms with E-state index in [9.17, 15) is 9.32 Å². The van der Waals surface area contributed by atoms with Crippen LogP contribution in [0.1, 0.15) is 0 Å². The number of rotatable bonds is 2. The van der Waals surface area contributed by atoms with Crippen LogP contribution in [0.25, 0.3) is 10.8 Å². The fraction of sp³-hybridized carbons (Fsp3) is 0. The highest BCUT2D eigenvalue weighted by molar-refractivity contribution is 7.85. The average molecular weight is 268 g/mol. The molecule has 3 rings (SSSR count). The molecule has 0 bridgehead atoms. The van der Waals surface area contributed by atoms with E-state index in [-0.39, 0.29) is 5.75 Å². The summed E-state index contributed by atoms with van der Waals surface area (Å²) in [4.78, 5) is 1.17. The molecule has 0 aliphatic heterocycles. The van der Waals surface area contributed by atoms with Gasteiger partial charge in [-0.05, 0) is 23.6 Å². The van der Waals surface area contributed by atoms with E-state index in [0.29, 0.717) is 9.79 Å². The Kier molecular flexibility index (Phi) is 3.05. The molecule has 3 aromatic rings. The molecule has 1 atom stereocenters. The molecule has 94 valence electrons. The molecule has 3 aromatic carbocycles. The smallest absolute Gasteiger partial charge is 0.132 e. The van der Waals surface area contributed by atoms with Gasteiger partial charge in [0.2, 0.25) is 0 Å². The molecule has 0 amide bonds. The van der Waals surface area contributed by atoms with Crippen LogP contribution in [0.2, 0.25) is 0 Å². The zero-order chi connectivity index (χ0) is 13.2. The van der Waals surface area contributed by atoms with Crippen molar-refractivity contribution in [3.8, 4) is 5.75 Å². The van der Waals surface area contributed by atoms with Crippen molar-refractivity contribution in [1.29, 1.82) is 0 Å². The highest BCUT2D eigenvalue weighted by atomic mass is 32.2. The Labute approximate surface area is 113 Å². The summed E-state index contributed by atoms with van der Waals surface area (Å²) in [7, 11) is -1.38. The highest BCUT2D eigenvalue weighted by Crippen LogP contribution is 2.32. The second kappa shape index (κ2) is 4.86. The predicted molar refractivity (Wildman–Crippen MR) is 76.7 cm³/mol. The molecule has 0 aliphatic carbocycles. The minimum absolute atomic E-state index is 0.0703. The summed E-state index contributed by atoms with van der Waals surface area (Å²) in [5, 5.41) is 11.8. The van der Waals surface area contributed by atoms with Crippen LogP contribution in [-0.4, -0.2) is 9.32 Å². The maximum absolute atomic E-state index is 12.6. The van der Waals surface area contributed by atoms with Gasteiger partial charge in [0.25, 0.3) is 0 Å². The van der Waals surface area contributed by atoms with Crippen LogP contribution in [0.15, 0.2) is 76.5 Å². The first-order valence-corrected chi connectivity index (χ1v) is 7.10. The molecule has 19 heavy (non-hydrogen) atoms. The van der Waals surface area contributed by atoms with E-state index in [4.69, 9.17) is 0 Å². The van der Waals surface area contributed by atoms with E-state index in [2.05, 4.69) is 0 Å². The lowest BCUT2D eigenvalue weighted by atomic mass is 10.1. The fourth-order valence-electron chi connectivity index (χ4n) is 2.09. The lowest BCUT2D eigenvalue weighted by molar-refractivity contribution is 0.463. The van der Waals surface area contributed by atoms with E-state index in [1.165, 1.54) is 0 Å². The van der Waals surface area contributed by atoms with Gasteiger partial charge >= 0.3 is 0 Å². The zero-order valence-electron chi connectivity index (χ0n) is 10.1. The quantitative estimate of drug-likeness (QED) is 0.769. The van der Waals surface area contributed by atoms with Gasteiger partial charge in [-0.1, -0.05) is 48.5 Å². The number of hydrogen-bond acceptors (Lipinski definition) is 2. The molecule has 0 heterocycles. The van der Waals surface area contributed by atoms with Gasteiger partial charge in [-0.25, -0.2) is 4.21 Å². The van der Waals surface area contributed by atoms with Gasteiger partial charge < -0.3 is 5.11 Å². The molecule has 0 saturated carbocycles. The largest absolute Gasteiger partial charge is 0.507 e. The van der Waals surface area contributed by atoms with E-state index in [1.54, 1.807) is 18.2 Å². The van der Waals surface area contributed by atoms with Crippen LogP contribution in [0, 0.1) is 0 Å². The topological polar surface area (TPSA) is 37.3 Å². The highest BCUT2D eigenvalue weighted by Gasteiger charge is 2.15. The Balaban J connectivity index is 2.25. The van der Waals surface area contributed by atoms with Crippen LogP contribution in [-0.2, 0) is 10.8 Å². The Bertz CT molecular complexity index is 751. The number of phenolic OH excluding ortho intramolecular Hbond substituents is 1. The lowest BCUT2D eigenvalue weighted by Crippen LogP contribution is -1.94. The molecule has 0 radical (unpaired) electrons. The van der Waals surface area contributed by atoms with Gasteiger partial charge in [-0.2, -0.15) is 0 Å². The SMILES string of the molecule is O=S(c1ccccc1)c1c(O)ccc2ccccc12. The van der Waals surface area contributed by atoms with Gasteiger partial charge in [0, 0.05) is 10.3 Å². The van der Waals surface area contributed by atoms with Crippen molar-refractivity contribution in [1.82, 2.24) is 0 Å². The maximum Gasteiger partial charge on any atom is 0.132 e. The van der Waals surface area contributed by atoms with E-state index < -0.39 is 10.8 Å². The standard InChI is InChI=1S/C16H12O2S/c17-15-11-10-12-6-4-5-9-14(12)16(15)19(18)13-7-2-1-3-8-13/h1-11,17H. The van der Waals surface area contributed by atoms with E-state index >= 15 is 0 Å². The Morgan fingerprint density at radius 3 is 2.26 bits per heavy atom. The Morgan fingerprint density at radius 1 is 0.789 bits per heavy atom. The molecule has 1 unspecified atom stereocenters. The number of hydrogen-bond donors (Lipinski definition) is 1. The van der Waals surface area contributed by atoms with Crippen LogP contribution in [0.5, 0.6) is 5.75 Å². The summed E-state index contributed by atoms with van der Waals surface area (Å²) in [6.45, 7) is 0. The van der Waals surface area contributed by atoms with Gasteiger partial charge in [-0.3, -0.25) is 0 Å². The third-order valence-corrected chi connectivity index (χ3v) is 4.50. The van der Waals surface area contributed by atoms with Crippen molar-refractivity contribution in [3.63, 3.8) is 0 Å². The summed E-state index contributed by atoms with van der Waals surface area (Å²) in [6, 6.07) is 20.2. The van der Waals surface area contributed by atoms with Crippen molar-refractivity contribution in [2.75, 3.05) is 0 Å². The van der Waals surface area contributed by atoms with Gasteiger partial charge in [0.1, 0.15) is 5.75 Å². The molecule has 0 aromatic heterocycles. The van der Waals surface area contributed by atoms with E-state index in [1.807, 2.05) is 48.5 Å². The number of phenols is 1. The second-order valence-corrected chi connectivity index (χ2v) is 5.63. The number of aromatic hydroxyl groups is 1. The van der Waals surface area contributed by atoms with Crippen molar-refractivity contribution in [2.24, 2.45) is 0 Å². The summed E-state index contributed by atoms with van der Waals surface area (Å²) in [6.07, 6.45) is 0. The van der Waals surface area contributed by atoms with Crippen LogP contribution in [0.3, 0.4) is 0 Å². The Hall–Kier alpha value is -2.13. The van der Waals surface area contributed by atoms with Crippen molar-refractivity contribution in [3.05, 3.63) is 66.7 Å². The van der Waals surface area contributed by atoms with Gasteiger partial charge in [-0.15, -0.1) is 0 Å². The summed E-state index contributed by atoms with van der Waals surface area (Å²) < 4.78 is 12.6. The first-order chi connectivity index (χ1) is 9.27. The molecule has 0 fully saturated rings. The summed E-state index contributed by atoms with van der Waals surface area (Å²) >= 11 is 0. The van der Waals surface area contributed by atoms with Crippen molar-refractivity contribution in [2.45, 2.75) is 9.79 Å². The van der Waals surface area contributed by atoms with Gasteiger partial charge in [0.05, 0.1) is 15.7 Å². The molecular weight excluding hydrogens is 256 g/mol. The van der Waals surface area contributed by atoms with Crippen molar-refractivity contribution >= 4 is 21.6 Å². The first-order valence-electron chi connectivity index (χ1n) is 5.95. The normalized spacial score (nSPS) is 12.4. The molecule has 0 spiro atoms. The second-order valence-electron chi connectivity index (χ2n) is 4.22. The Morgan fingerprint density at radius 2 is 1.47 bits per heavy atom. The zero-order valence-corrected chi connectivity index (χ0v) is 10.9. The summed E-state index contributed by atoms with van der Waals surface area (Å²) in [5.74, 6) is 0.0703. The van der Waals surface area contributed by atoms with Crippen LogP contribution in [0.4, 0.5) is 0 Å². The molecular formula is C16H12O2S. The monoisotopic (exact) mass is 268 g/mol. The predicted octanol–water partition coefficient (Wildman–Crippen LogP) is 3.71. The first kappa shape index (κ1) is 11.9. The minimum atomic E-state index is -1.38. The third kappa shape index (κ3) is 2.13. The summed E-state index contributed by atoms with van der Waals surface area (Å²) in [5.41, 5.74) is 0. The minimum Gasteiger partial charge on any atom is -0.507 e. The van der Waals surface area contributed by atoms with Crippen LogP contribution >= 0.6 is 0 Å². The fourth-order valence-corrected chi connectivity index (χ4v) is 3.37. The van der Waals surface area contributed by atoms with Gasteiger partial charge in [0.15, 0.2) is 0 Å². The number of fused-ring (bicyclic) bond motifs is 1. The average Bonchev–Trinajstić information content (AvgIpc) is 2.47. The molecule has 0 aliphatic rings. The third-order valence-electron chi connectivity index (χ3n) is 3.00. The maximum atomic E-state index is 12.6. The number of benzene rings is 3. The van der Waals surface area contributed by atoms with Crippen LogP contribution < -0.4 is 0 Å².